The number of ether oxygens (including phenoxy) is 1. The number of aliphatic hydroxyl groups excluding tert-OH is 1. The van der Waals surface area contributed by atoms with E-state index in [2.05, 4.69) is 36.0 Å². The average Bonchev–Trinajstić information content (AvgIpc) is 3.54. The van der Waals surface area contributed by atoms with Gasteiger partial charge in [-0.1, -0.05) is 48.6 Å². The fraction of sp³-hybridized carbons (Fsp3) is 0.300. The molecule has 1 heterocycles. The molecule has 0 atom stereocenters. The van der Waals surface area contributed by atoms with Gasteiger partial charge in [0.1, 0.15) is 5.75 Å². The summed E-state index contributed by atoms with van der Waals surface area (Å²) in [5, 5.41) is 27.9. The molecule has 3 amide bonds. The van der Waals surface area contributed by atoms with E-state index >= 15 is 0 Å². The summed E-state index contributed by atoms with van der Waals surface area (Å²) in [6.07, 6.45) is 0.925. The molecule has 0 saturated heterocycles. The van der Waals surface area contributed by atoms with Crippen molar-refractivity contribution in [1.82, 2.24) is 20.6 Å². The molecule has 1 aromatic heterocycles. The van der Waals surface area contributed by atoms with Crippen LogP contribution in [0.25, 0.3) is 0 Å². The fourth-order valence-electron chi connectivity index (χ4n) is 5.17. The maximum absolute atomic E-state index is 13.6. The van der Waals surface area contributed by atoms with Gasteiger partial charge in [-0.25, -0.2) is 4.79 Å². The minimum absolute atomic E-state index is 0.0287. The second-order valence-electron chi connectivity index (χ2n) is 10.4. The molecule has 14 heteroatoms. The summed E-state index contributed by atoms with van der Waals surface area (Å²) < 4.78 is 42.2. The Morgan fingerprint density at radius 3 is 2.34 bits per heavy atom. The number of tetrazole rings is 1. The van der Waals surface area contributed by atoms with Crippen molar-refractivity contribution in [2.45, 2.75) is 57.5 Å². The number of urea groups is 1. The second-order valence-corrected chi connectivity index (χ2v) is 10.4. The molecule has 1 fully saturated rings. The molecule has 230 valence electrons. The molecule has 44 heavy (non-hydrogen) atoms. The summed E-state index contributed by atoms with van der Waals surface area (Å²) in [7, 11) is 0. The smallest absolute Gasteiger partial charge is 0.405 e. The van der Waals surface area contributed by atoms with Crippen molar-refractivity contribution >= 4 is 29.3 Å². The van der Waals surface area contributed by atoms with Gasteiger partial charge in [0.2, 0.25) is 0 Å². The SMILES string of the molecule is O=C(Nc1nn[nH]n1)c1ccc(CN(C(=O)Nc2ccc(OC(F)(F)F)c(CO)c2)c2ccc(C3CCCCC3)cc2)cc1. The molecule has 1 aliphatic rings. The van der Waals surface area contributed by atoms with Crippen molar-refractivity contribution in [2.24, 2.45) is 0 Å². The van der Waals surface area contributed by atoms with E-state index in [0.717, 1.165) is 18.9 Å². The van der Waals surface area contributed by atoms with Crippen LogP contribution in [0.3, 0.4) is 0 Å². The molecule has 0 aliphatic heterocycles. The number of hydrogen-bond acceptors (Lipinski definition) is 7. The number of aliphatic hydroxyl groups is 1. The molecule has 1 aliphatic carbocycles. The summed E-state index contributed by atoms with van der Waals surface area (Å²) >= 11 is 0. The topological polar surface area (TPSA) is 145 Å². The standard InChI is InChI=1S/C30H30F3N7O4/c31-30(32,33)44-26-15-12-24(16-23(26)18-41)34-29(43)40(25-13-10-21(11-14-25)20-4-2-1-3-5-20)17-19-6-8-22(9-7-19)27(42)35-28-36-38-39-37-28/h6-16,20,41H,1-5,17-18H2,(H,34,43)(H2,35,36,37,38,39,42). The molecule has 0 unspecified atom stereocenters. The van der Waals surface area contributed by atoms with Gasteiger partial charge in [-0.15, -0.1) is 18.3 Å². The Balaban J connectivity index is 1.36. The van der Waals surface area contributed by atoms with E-state index in [9.17, 15) is 27.9 Å². The molecule has 0 bridgehead atoms. The van der Waals surface area contributed by atoms with Crippen molar-refractivity contribution in [1.29, 1.82) is 0 Å². The molecule has 0 spiro atoms. The highest BCUT2D eigenvalue weighted by Gasteiger charge is 2.32. The van der Waals surface area contributed by atoms with Crippen molar-refractivity contribution < 1.29 is 32.6 Å². The first-order valence-corrected chi connectivity index (χ1v) is 14.0. The minimum Gasteiger partial charge on any atom is -0.405 e. The predicted molar refractivity (Wildman–Crippen MR) is 155 cm³/mol. The number of carbonyl (C=O) groups is 2. The zero-order valence-corrected chi connectivity index (χ0v) is 23.5. The molecule has 4 N–H and O–H groups in total. The number of alkyl halides is 3. The molecular formula is C30H30F3N7O4. The number of nitrogens with zero attached hydrogens (tertiary/aromatic N) is 4. The zero-order chi connectivity index (χ0) is 31.1. The Hall–Kier alpha value is -4.98. The highest BCUT2D eigenvalue weighted by Crippen LogP contribution is 2.34. The summed E-state index contributed by atoms with van der Waals surface area (Å²) in [5.74, 6) is -0.499. The number of carbonyl (C=O) groups excluding carboxylic acids is 2. The summed E-state index contributed by atoms with van der Waals surface area (Å²) in [6.45, 7) is -0.614. The van der Waals surface area contributed by atoms with Gasteiger partial charge in [-0.05, 0) is 77.6 Å². The third-order valence-electron chi connectivity index (χ3n) is 7.36. The lowest BCUT2D eigenvalue weighted by Crippen LogP contribution is -2.34. The first-order chi connectivity index (χ1) is 21.2. The minimum atomic E-state index is -4.93. The van der Waals surface area contributed by atoms with Crippen LogP contribution in [-0.4, -0.2) is 44.0 Å². The number of hydrogen-bond donors (Lipinski definition) is 4. The van der Waals surface area contributed by atoms with Crippen LogP contribution >= 0.6 is 0 Å². The number of nitrogens with one attached hydrogen (secondary N) is 3. The Morgan fingerprint density at radius 2 is 1.70 bits per heavy atom. The monoisotopic (exact) mass is 609 g/mol. The molecule has 1 saturated carbocycles. The number of H-pyrrole nitrogens is 1. The lowest BCUT2D eigenvalue weighted by molar-refractivity contribution is -0.275. The van der Waals surface area contributed by atoms with E-state index in [-0.39, 0.29) is 23.7 Å². The van der Waals surface area contributed by atoms with Gasteiger partial charge >= 0.3 is 12.4 Å². The Labute approximate surface area is 250 Å². The van der Waals surface area contributed by atoms with Gasteiger partial charge in [0.15, 0.2) is 0 Å². The number of amides is 3. The number of anilines is 3. The summed E-state index contributed by atoms with van der Waals surface area (Å²) in [5.41, 5.74) is 2.88. The highest BCUT2D eigenvalue weighted by atomic mass is 19.4. The molecule has 4 aromatic rings. The summed E-state index contributed by atoms with van der Waals surface area (Å²) in [6, 6.07) is 17.3. The van der Waals surface area contributed by atoms with E-state index < -0.39 is 30.7 Å². The summed E-state index contributed by atoms with van der Waals surface area (Å²) in [4.78, 5) is 27.6. The first kappa shape index (κ1) is 30.5. The van der Waals surface area contributed by atoms with Crippen molar-refractivity contribution in [3.05, 3.63) is 89.0 Å². The van der Waals surface area contributed by atoms with Crippen LogP contribution in [0.5, 0.6) is 5.75 Å². The zero-order valence-electron chi connectivity index (χ0n) is 23.5. The van der Waals surface area contributed by atoms with Crippen molar-refractivity contribution in [3.8, 4) is 5.75 Å². The van der Waals surface area contributed by atoms with Gasteiger partial charge in [0.05, 0.1) is 13.2 Å². The quantitative estimate of drug-likeness (QED) is 0.179. The molecule has 5 rings (SSSR count). The lowest BCUT2D eigenvalue weighted by Gasteiger charge is -2.26. The van der Waals surface area contributed by atoms with E-state index in [4.69, 9.17) is 0 Å². The van der Waals surface area contributed by atoms with Crippen molar-refractivity contribution in [2.75, 3.05) is 15.5 Å². The van der Waals surface area contributed by atoms with Gasteiger partial charge in [-0.3, -0.25) is 15.0 Å². The van der Waals surface area contributed by atoms with Gasteiger partial charge < -0.3 is 15.2 Å². The van der Waals surface area contributed by atoms with Crippen LogP contribution in [-0.2, 0) is 13.2 Å². The Bertz CT molecular complexity index is 1560. The third kappa shape index (κ3) is 7.89. The number of rotatable bonds is 9. The van der Waals surface area contributed by atoms with Crippen molar-refractivity contribution in [3.63, 3.8) is 0 Å². The maximum atomic E-state index is 13.6. The van der Waals surface area contributed by atoms with Gasteiger partial charge in [0.25, 0.3) is 11.9 Å². The Morgan fingerprint density at radius 1 is 0.977 bits per heavy atom. The normalized spacial score (nSPS) is 13.7. The Kier molecular flexibility index (Phi) is 9.38. The van der Waals surface area contributed by atoms with E-state index in [0.29, 0.717) is 22.7 Å². The number of aromatic nitrogens is 4. The molecule has 3 aromatic carbocycles. The fourth-order valence-corrected chi connectivity index (χ4v) is 5.17. The van der Waals surface area contributed by atoms with Gasteiger partial charge in [0, 0.05) is 22.5 Å². The van der Waals surface area contributed by atoms with Crippen LogP contribution in [0.4, 0.5) is 35.3 Å². The second kappa shape index (κ2) is 13.5. The third-order valence-corrected chi connectivity index (χ3v) is 7.36. The number of halogens is 3. The number of benzene rings is 3. The molecular weight excluding hydrogens is 579 g/mol. The molecule has 11 nitrogen and oxygen atoms in total. The van der Waals surface area contributed by atoms with Gasteiger partial charge in [-0.2, -0.15) is 5.21 Å². The first-order valence-electron chi connectivity index (χ1n) is 14.0. The van der Waals surface area contributed by atoms with Crippen LogP contribution < -0.4 is 20.3 Å². The number of aromatic amines is 1. The van der Waals surface area contributed by atoms with Crippen LogP contribution in [0, 0.1) is 0 Å². The van der Waals surface area contributed by atoms with Crippen LogP contribution in [0.15, 0.2) is 66.7 Å². The predicted octanol–water partition coefficient (Wildman–Crippen LogP) is 6.13. The molecule has 0 radical (unpaired) electrons. The van der Waals surface area contributed by atoms with E-state index in [1.807, 2.05) is 24.3 Å². The van der Waals surface area contributed by atoms with Crippen LogP contribution in [0.2, 0.25) is 0 Å². The maximum Gasteiger partial charge on any atom is 0.573 e. The van der Waals surface area contributed by atoms with Crippen LogP contribution in [0.1, 0.15) is 65.1 Å². The largest absolute Gasteiger partial charge is 0.573 e. The van der Waals surface area contributed by atoms with E-state index in [1.54, 1.807) is 24.3 Å². The van der Waals surface area contributed by atoms with E-state index in [1.165, 1.54) is 41.9 Å². The lowest BCUT2D eigenvalue weighted by atomic mass is 9.84. The highest BCUT2D eigenvalue weighted by molar-refractivity contribution is 6.03. The average molecular weight is 610 g/mol.